The lowest BCUT2D eigenvalue weighted by Gasteiger charge is -2.32. The van der Waals surface area contributed by atoms with Gasteiger partial charge in [-0.2, -0.15) is 0 Å². The van der Waals surface area contributed by atoms with Gasteiger partial charge in [-0.25, -0.2) is 4.79 Å². The molecule has 7 heteroatoms. The first-order valence-corrected chi connectivity index (χ1v) is 11.9. The number of carboxylic acids is 1. The molecule has 0 bridgehead atoms. The van der Waals surface area contributed by atoms with Crippen molar-refractivity contribution in [2.75, 3.05) is 6.61 Å². The van der Waals surface area contributed by atoms with E-state index >= 15 is 0 Å². The summed E-state index contributed by atoms with van der Waals surface area (Å²) in [5.41, 5.74) is 0. The van der Waals surface area contributed by atoms with E-state index in [0.717, 1.165) is 25.7 Å². The second kappa shape index (κ2) is 10.6. The Morgan fingerprint density at radius 2 is 1.83 bits per heavy atom. The van der Waals surface area contributed by atoms with Crippen LogP contribution in [-0.4, -0.2) is 58.6 Å². The highest BCUT2D eigenvalue weighted by molar-refractivity contribution is 5.88. The van der Waals surface area contributed by atoms with E-state index in [4.69, 9.17) is 4.74 Å². The van der Waals surface area contributed by atoms with E-state index in [9.17, 15) is 19.5 Å². The van der Waals surface area contributed by atoms with Gasteiger partial charge in [0.1, 0.15) is 12.1 Å². The van der Waals surface area contributed by atoms with Crippen molar-refractivity contribution in [3.63, 3.8) is 0 Å². The molecule has 5 atom stereocenters. The molecule has 0 aromatic carbocycles. The van der Waals surface area contributed by atoms with Gasteiger partial charge in [-0.3, -0.25) is 14.9 Å². The highest BCUT2D eigenvalue weighted by Gasteiger charge is 2.49. The summed E-state index contributed by atoms with van der Waals surface area (Å²) in [7, 11) is 0. The number of hydrogen-bond acceptors (Lipinski definition) is 5. The van der Waals surface area contributed by atoms with Crippen molar-refractivity contribution in [3.8, 4) is 0 Å². The maximum absolute atomic E-state index is 13.3. The minimum atomic E-state index is -0.927. The van der Waals surface area contributed by atoms with Crippen LogP contribution in [0.4, 0.5) is 0 Å². The second-order valence-corrected chi connectivity index (χ2v) is 9.37. The van der Waals surface area contributed by atoms with E-state index in [2.05, 4.69) is 5.32 Å². The van der Waals surface area contributed by atoms with E-state index in [1.165, 1.54) is 32.1 Å². The number of rotatable bonds is 9. The van der Waals surface area contributed by atoms with Crippen LogP contribution >= 0.6 is 0 Å². The van der Waals surface area contributed by atoms with Gasteiger partial charge in [-0.15, -0.1) is 0 Å². The maximum Gasteiger partial charge on any atom is 0.326 e. The van der Waals surface area contributed by atoms with Gasteiger partial charge in [0.15, 0.2) is 0 Å². The molecule has 0 radical (unpaired) electrons. The molecule has 30 heavy (non-hydrogen) atoms. The largest absolute Gasteiger partial charge is 0.480 e. The summed E-state index contributed by atoms with van der Waals surface area (Å²) in [4.78, 5) is 39.2. The van der Waals surface area contributed by atoms with Crippen LogP contribution in [0.25, 0.3) is 0 Å². The van der Waals surface area contributed by atoms with Crippen LogP contribution in [0, 0.1) is 11.8 Å². The predicted octanol–water partition coefficient (Wildman–Crippen LogP) is 3.11. The Morgan fingerprint density at radius 3 is 2.50 bits per heavy atom. The molecule has 1 heterocycles. The van der Waals surface area contributed by atoms with Gasteiger partial charge in [0.25, 0.3) is 0 Å². The van der Waals surface area contributed by atoms with Crippen molar-refractivity contribution in [2.24, 2.45) is 11.8 Å². The van der Waals surface area contributed by atoms with E-state index in [-0.39, 0.29) is 23.8 Å². The Bertz CT molecular complexity index is 619. The zero-order chi connectivity index (χ0) is 21.7. The molecule has 0 spiro atoms. The summed E-state index contributed by atoms with van der Waals surface area (Å²) in [6, 6.07) is -1.88. The highest BCUT2D eigenvalue weighted by atomic mass is 16.5. The Morgan fingerprint density at radius 1 is 1.10 bits per heavy atom. The number of carboxylic acid groups (broad SMARTS) is 1. The summed E-state index contributed by atoms with van der Waals surface area (Å²) >= 11 is 0. The lowest BCUT2D eigenvalue weighted by Crippen LogP contribution is -2.55. The summed E-state index contributed by atoms with van der Waals surface area (Å²) in [5.74, 6) is -0.525. The summed E-state index contributed by atoms with van der Waals surface area (Å²) in [6.45, 7) is 3.84. The molecule has 7 nitrogen and oxygen atoms in total. The van der Waals surface area contributed by atoms with Gasteiger partial charge in [0.05, 0.1) is 12.6 Å². The fourth-order valence-electron chi connectivity index (χ4n) is 5.81. The first kappa shape index (κ1) is 23.0. The number of nitrogens with zero attached hydrogens (tertiary/aromatic N) is 1. The Labute approximate surface area is 179 Å². The van der Waals surface area contributed by atoms with Crippen LogP contribution in [0.15, 0.2) is 0 Å². The molecule has 2 aliphatic carbocycles. The molecule has 3 rings (SSSR count). The number of nitrogens with one attached hydrogen (secondary N) is 1. The summed E-state index contributed by atoms with van der Waals surface area (Å²) in [5, 5.41) is 12.8. The van der Waals surface area contributed by atoms with E-state index in [1.54, 1.807) is 18.7 Å². The lowest BCUT2D eigenvalue weighted by molar-refractivity contribution is -0.151. The number of likely N-dealkylation sites (tertiary alicyclic amines) is 1. The molecule has 5 unspecified atom stereocenters. The molecule has 0 aromatic rings. The standard InChI is InChI=1S/C23H38N2O5/c1-3-30-23(29)18(13-12-16-8-5-4-6-9-16)24-15(2)21(26)25-19-11-7-10-17(19)14-20(25)22(27)28/h15-20,24H,3-14H2,1-2H3,(H,27,28). The smallest absolute Gasteiger partial charge is 0.326 e. The van der Waals surface area contributed by atoms with Crippen LogP contribution in [0.3, 0.4) is 0 Å². The fourth-order valence-corrected chi connectivity index (χ4v) is 5.81. The number of amides is 1. The minimum Gasteiger partial charge on any atom is -0.480 e. The third-order valence-corrected chi connectivity index (χ3v) is 7.36. The average molecular weight is 423 g/mol. The van der Waals surface area contributed by atoms with E-state index in [0.29, 0.717) is 25.4 Å². The molecule has 170 valence electrons. The molecule has 2 saturated carbocycles. The number of esters is 1. The lowest BCUT2D eigenvalue weighted by atomic mass is 9.85. The first-order chi connectivity index (χ1) is 14.4. The van der Waals surface area contributed by atoms with Crippen LogP contribution in [0.5, 0.6) is 0 Å². The van der Waals surface area contributed by atoms with Crippen molar-refractivity contribution < 1.29 is 24.2 Å². The fraction of sp³-hybridized carbons (Fsp3) is 0.870. The number of carbonyl (C=O) groups is 3. The van der Waals surface area contributed by atoms with Crippen LogP contribution < -0.4 is 5.32 Å². The Hall–Kier alpha value is -1.63. The van der Waals surface area contributed by atoms with Gasteiger partial charge in [0.2, 0.25) is 5.91 Å². The van der Waals surface area contributed by atoms with Crippen molar-refractivity contribution in [1.29, 1.82) is 0 Å². The SMILES string of the molecule is CCOC(=O)C(CCC1CCCCC1)NC(C)C(=O)N1C(C(=O)O)CC2CCCC21. The molecule has 2 N–H and O–H groups in total. The van der Waals surface area contributed by atoms with Gasteiger partial charge in [-0.05, 0) is 57.8 Å². The van der Waals surface area contributed by atoms with Crippen molar-refractivity contribution in [2.45, 2.75) is 109 Å². The zero-order valence-corrected chi connectivity index (χ0v) is 18.5. The molecule has 0 aromatic heterocycles. The first-order valence-electron chi connectivity index (χ1n) is 11.9. The number of ether oxygens (including phenoxy) is 1. The predicted molar refractivity (Wildman–Crippen MR) is 113 cm³/mol. The highest BCUT2D eigenvalue weighted by Crippen LogP contribution is 2.41. The normalized spacial score (nSPS) is 28.7. The number of aliphatic carboxylic acids is 1. The third kappa shape index (κ3) is 5.34. The summed E-state index contributed by atoms with van der Waals surface area (Å²) < 4.78 is 5.26. The third-order valence-electron chi connectivity index (χ3n) is 7.36. The Kier molecular flexibility index (Phi) is 8.14. The van der Waals surface area contributed by atoms with Gasteiger partial charge in [-0.1, -0.05) is 38.5 Å². The van der Waals surface area contributed by atoms with Crippen molar-refractivity contribution in [1.82, 2.24) is 10.2 Å². The number of hydrogen-bond donors (Lipinski definition) is 2. The molecule has 1 aliphatic heterocycles. The van der Waals surface area contributed by atoms with Gasteiger partial charge < -0.3 is 14.7 Å². The zero-order valence-electron chi connectivity index (χ0n) is 18.5. The van der Waals surface area contributed by atoms with Crippen LogP contribution in [0.1, 0.15) is 84.5 Å². The minimum absolute atomic E-state index is 0.0196. The topological polar surface area (TPSA) is 95.9 Å². The average Bonchev–Trinajstić information content (AvgIpc) is 3.32. The monoisotopic (exact) mass is 422 g/mol. The molecule has 1 saturated heterocycles. The number of carbonyl (C=O) groups excluding carboxylic acids is 2. The van der Waals surface area contributed by atoms with Crippen molar-refractivity contribution >= 4 is 17.8 Å². The molecule has 3 fully saturated rings. The molecular formula is C23H38N2O5. The molecule has 1 amide bonds. The van der Waals surface area contributed by atoms with Gasteiger partial charge >= 0.3 is 11.9 Å². The van der Waals surface area contributed by atoms with Gasteiger partial charge in [0, 0.05) is 6.04 Å². The van der Waals surface area contributed by atoms with Crippen molar-refractivity contribution in [3.05, 3.63) is 0 Å². The van der Waals surface area contributed by atoms with Crippen LogP contribution in [0.2, 0.25) is 0 Å². The summed E-state index contributed by atoms with van der Waals surface area (Å²) in [6.07, 6.45) is 11.3. The quantitative estimate of drug-likeness (QED) is 0.554. The second-order valence-electron chi connectivity index (χ2n) is 9.37. The molecular weight excluding hydrogens is 384 g/mol. The van der Waals surface area contributed by atoms with E-state index < -0.39 is 24.1 Å². The number of fused-ring (bicyclic) bond motifs is 1. The maximum atomic E-state index is 13.3. The van der Waals surface area contributed by atoms with Crippen LogP contribution in [-0.2, 0) is 19.1 Å². The van der Waals surface area contributed by atoms with E-state index in [1.807, 2.05) is 0 Å². The Balaban J connectivity index is 1.64. The molecule has 3 aliphatic rings.